The van der Waals surface area contributed by atoms with Gasteiger partial charge in [0.25, 0.3) is 0 Å². The molecular formula is C9H16ClN3O2. The highest BCUT2D eigenvalue weighted by Gasteiger charge is 2.11. The molecule has 0 saturated heterocycles. The summed E-state index contributed by atoms with van der Waals surface area (Å²) < 4.78 is 10.6. The summed E-state index contributed by atoms with van der Waals surface area (Å²) in [4.78, 5) is 0. The first-order valence-corrected chi connectivity index (χ1v) is 5.40. The molecule has 0 aliphatic rings. The molecule has 0 aliphatic heterocycles. The van der Waals surface area contributed by atoms with Crippen molar-refractivity contribution in [2.45, 2.75) is 32.3 Å². The van der Waals surface area contributed by atoms with Gasteiger partial charge >= 0.3 is 6.01 Å². The fourth-order valence-corrected chi connectivity index (χ4v) is 1.13. The van der Waals surface area contributed by atoms with Crippen molar-refractivity contribution >= 4 is 17.6 Å². The van der Waals surface area contributed by atoms with Gasteiger partial charge in [-0.25, -0.2) is 0 Å². The van der Waals surface area contributed by atoms with Crippen LogP contribution in [0.5, 0.6) is 0 Å². The van der Waals surface area contributed by atoms with E-state index in [1.807, 2.05) is 13.8 Å². The van der Waals surface area contributed by atoms with E-state index in [9.17, 15) is 0 Å². The maximum atomic E-state index is 5.78. The van der Waals surface area contributed by atoms with E-state index in [-0.39, 0.29) is 11.5 Å². The van der Waals surface area contributed by atoms with Gasteiger partial charge in [0.05, 0.1) is 6.10 Å². The Kier molecular flexibility index (Phi) is 4.84. The summed E-state index contributed by atoms with van der Waals surface area (Å²) in [6.45, 7) is 7.03. The van der Waals surface area contributed by atoms with Gasteiger partial charge in [-0.2, -0.15) is 0 Å². The van der Waals surface area contributed by atoms with Crippen molar-refractivity contribution in [2.24, 2.45) is 0 Å². The van der Waals surface area contributed by atoms with E-state index in [2.05, 4.69) is 15.5 Å². The number of halogens is 1. The van der Waals surface area contributed by atoms with Crippen LogP contribution in [0.15, 0.2) is 4.42 Å². The molecule has 1 N–H and O–H groups in total. The second kappa shape index (κ2) is 5.92. The summed E-state index contributed by atoms with van der Waals surface area (Å²) in [6, 6.07) is 0.379. The summed E-state index contributed by atoms with van der Waals surface area (Å²) in [7, 11) is 0. The Morgan fingerprint density at radius 1 is 1.47 bits per heavy atom. The Morgan fingerprint density at radius 3 is 2.73 bits per heavy atom. The maximum absolute atomic E-state index is 5.78. The zero-order chi connectivity index (χ0) is 11.3. The fourth-order valence-electron chi connectivity index (χ4n) is 1.04. The third-order valence-electron chi connectivity index (χ3n) is 1.77. The predicted octanol–water partition coefficient (Wildman–Crippen LogP) is 2.21. The van der Waals surface area contributed by atoms with Crippen LogP contribution in [0.4, 0.5) is 6.01 Å². The van der Waals surface area contributed by atoms with Crippen LogP contribution in [0.25, 0.3) is 0 Å². The van der Waals surface area contributed by atoms with Crippen molar-refractivity contribution in [3.05, 3.63) is 5.89 Å². The molecule has 2 atom stereocenters. The normalized spacial score (nSPS) is 14.9. The Morgan fingerprint density at radius 2 is 2.20 bits per heavy atom. The highest BCUT2D eigenvalue weighted by Crippen LogP contribution is 2.18. The van der Waals surface area contributed by atoms with Crippen molar-refractivity contribution in [3.8, 4) is 0 Å². The van der Waals surface area contributed by atoms with E-state index < -0.39 is 0 Å². The Labute approximate surface area is 94.2 Å². The molecule has 0 fully saturated rings. The first-order chi connectivity index (χ1) is 7.13. The van der Waals surface area contributed by atoms with Gasteiger partial charge in [-0.1, -0.05) is 5.10 Å². The van der Waals surface area contributed by atoms with Crippen LogP contribution in [0.1, 0.15) is 32.0 Å². The number of hydrogen-bond acceptors (Lipinski definition) is 5. The third kappa shape index (κ3) is 4.05. The maximum Gasteiger partial charge on any atom is 0.315 e. The molecule has 1 heterocycles. The average Bonchev–Trinajstić information content (AvgIpc) is 2.63. The van der Waals surface area contributed by atoms with E-state index >= 15 is 0 Å². The lowest BCUT2D eigenvalue weighted by molar-refractivity contribution is 0.0851. The molecule has 0 aliphatic carbocycles. The van der Waals surface area contributed by atoms with Crippen LogP contribution in [0.2, 0.25) is 0 Å². The smallest absolute Gasteiger partial charge is 0.315 e. The molecule has 1 aromatic rings. The summed E-state index contributed by atoms with van der Waals surface area (Å²) >= 11 is 5.78. The molecule has 0 amide bonds. The van der Waals surface area contributed by atoms with Crippen LogP contribution < -0.4 is 5.32 Å². The molecule has 5 nitrogen and oxygen atoms in total. The third-order valence-corrected chi connectivity index (χ3v) is 1.96. The van der Waals surface area contributed by atoms with E-state index in [0.29, 0.717) is 25.1 Å². The van der Waals surface area contributed by atoms with Crippen LogP contribution in [-0.2, 0) is 4.74 Å². The minimum Gasteiger partial charge on any atom is -0.407 e. The van der Waals surface area contributed by atoms with E-state index in [0.717, 1.165) is 0 Å². The van der Waals surface area contributed by atoms with Crippen molar-refractivity contribution in [1.29, 1.82) is 0 Å². The lowest BCUT2D eigenvalue weighted by Crippen LogP contribution is -2.19. The largest absolute Gasteiger partial charge is 0.407 e. The number of anilines is 1. The monoisotopic (exact) mass is 233 g/mol. The molecule has 1 aromatic heterocycles. The molecule has 86 valence electrons. The lowest BCUT2D eigenvalue weighted by Gasteiger charge is -2.10. The number of aromatic nitrogens is 2. The number of nitrogens with one attached hydrogen (secondary N) is 1. The standard InChI is InChI=1S/C9H16ClN3O2/c1-4-14-6(2)5-11-9-13-12-8(15-9)7(3)10/h6-7H,4-5H2,1-3H3,(H,11,13). The number of rotatable bonds is 6. The zero-order valence-electron chi connectivity index (χ0n) is 9.16. The van der Waals surface area contributed by atoms with E-state index in [1.54, 1.807) is 6.92 Å². The van der Waals surface area contributed by atoms with Crippen LogP contribution in [0, 0.1) is 0 Å². The minimum absolute atomic E-state index is 0.110. The number of hydrogen-bond donors (Lipinski definition) is 1. The van der Waals surface area contributed by atoms with Gasteiger partial charge in [0.15, 0.2) is 0 Å². The van der Waals surface area contributed by atoms with Gasteiger partial charge in [0.2, 0.25) is 5.89 Å². The predicted molar refractivity (Wildman–Crippen MR) is 58.1 cm³/mol. The van der Waals surface area contributed by atoms with Crippen LogP contribution >= 0.6 is 11.6 Å². The molecule has 0 aromatic carbocycles. The molecule has 2 unspecified atom stereocenters. The SMILES string of the molecule is CCOC(C)CNc1nnc(C(C)Cl)o1. The number of ether oxygens (including phenoxy) is 1. The van der Waals surface area contributed by atoms with Crippen molar-refractivity contribution in [2.75, 3.05) is 18.5 Å². The molecule has 15 heavy (non-hydrogen) atoms. The molecule has 6 heteroatoms. The summed E-state index contributed by atoms with van der Waals surface area (Å²) in [5.74, 6) is 0.420. The first-order valence-electron chi connectivity index (χ1n) is 4.96. The van der Waals surface area contributed by atoms with Gasteiger partial charge in [-0.05, 0) is 20.8 Å². The van der Waals surface area contributed by atoms with Gasteiger partial charge in [0, 0.05) is 13.2 Å². The van der Waals surface area contributed by atoms with Crippen molar-refractivity contribution in [1.82, 2.24) is 10.2 Å². The average molecular weight is 234 g/mol. The zero-order valence-corrected chi connectivity index (χ0v) is 9.91. The van der Waals surface area contributed by atoms with E-state index in [1.165, 1.54) is 0 Å². The number of nitrogens with zero attached hydrogens (tertiary/aromatic N) is 2. The highest BCUT2D eigenvalue weighted by molar-refractivity contribution is 6.20. The Hall–Kier alpha value is -0.810. The van der Waals surface area contributed by atoms with Crippen LogP contribution in [-0.4, -0.2) is 29.5 Å². The van der Waals surface area contributed by atoms with Crippen molar-refractivity contribution < 1.29 is 9.15 Å². The van der Waals surface area contributed by atoms with Gasteiger partial charge < -0.3 is 14.5 Å². The van der Waals surface area contributed by atoms with Crippen LogP contribution in [0.3, 0.4) is 0 Å². The summed E-state index contributed by atoms with van der Waals surface area (Å²) in [5.41, 5.74) is 0. The van der Waals surface area contributed by atoms with Gasteiger partial charge in [-0.3, -0.25) is 0 Å². The Balaban J connectivity index is 2.37. The molecule has 0 radical (unpaired) electrons. The second-order valence-corrected chi connectivity index (χ2v) is 3.86. The molecule has 0 saturated carbocycles. The molecule has 0 bridgehead atoms. The molecule has 1 rings (SSSR count). The first kappa shape index (κ1) is 12.3. The molecule has 0 spiro atoms. The molecular weight excluding hydrogens is 218 g/mol. The van der Waals surface area contributed by atoms with Gasteiger partial charge in [0.1, 0.15) is 5.38 Å². The van der Waals surface area contributed by atoms with E-state index in [4.69, 9.17) is 20.8 Å². The summed E-state index contributed by atoms with van der Waals surface area (Å²) in [5, 5.41) is 10.3. The lowest BCUT2D eigenvalue weighted by atomic mass is 10.4. The van der Waals surface area contributed by atoms with Crippen molar-refractivity contribution in [3.63, 3.8) is 0 Å². The second-order valence-electron chi connectivity index (χ2n) is 3.21. The minimum atomic E-state index is -0.266. The number of alkyl halides is 1. The van der Waals surface area contributed by atoms with Gasteiger partial charge in [-0.15, -0.1) is 16.7 Å². The summed E-state index contributed by atoms with van der Waals surface area (Å²) in [6.07, 6.45) is 0.110. The Bertz CT molecular complexity index is 291. The topological polar surface area (TPSA) is 60.2 Å². The quantitative estimate of drug-likeness (QED) is 0.764. The highest BCUT2D eigenvalue weighted by atomic mass is 35.5. The fraction of sp³-hybridized carbons (Fsp3) is 0.778.